The number of morpholine rings is 1. The van der Waals surface area contributed by atoms with Crippen LogP contribution in [0.2, 0.25) is 0 Å². The number of para-hydroxylation sites is 1. The van der Waals surface area contributed by atoms with Crippen LogP contribution in [0.15, 0.2) is 41.3 Å². The standard InChI is InChI=1S/C24H33N3O6S/c1-17-9-10-20(15-22(17)34(29,30)27-11-13-33-14-12-27)25-24(28)18(2)26(3)16-19-7-6-8-21(31-4)23(19)32-5/h6-10,15,18H,11-14,16H2,1-5H3,(H,25,28). The number of anilines is 1. The summed E-state index contributed by atoms with van der Waals surface area (Å²) >= 11 is 0. The number of carbonyl (C=O) groups is 1. The highest BCUT2D eigenvalue weighted by molar-refractivity contribution is 7.89. The second kappa shape index (κ2) is 11.2. The molecule has 1 aliphatic rings. The molecule has 1 amide bonds. The van der Waals surface area contributed by atoms with Crippen molar-refractivity contribution in [2.24, 2.45) is 0 Å². The SMILES string of the molecule is COc1cccc(CN(C)C(C)C(=O)Nc2ccc(C)c(S(=O)(=O)N3CCOCC3)c2)c1OC. The normalized spacial score (nSPS) is 15.7. The lowest BCUT2D eigenvalue weighted by atomic mass is 10.1. The average Bonchev–Trinajstić information content (AvgIpc) is 2.84. The Balaban J connectivity index is 1.73. The Hall–Kier alpha value is -2.66. The number of likely N-dealkylation sites (N-methyl/N-ethyl adjacent to an activating group) is 1. The molecular weight excluding hydrogens is 458 g/mol. The van der Waals surface area contributed by atoms with Crippen LogP contribution in [0, 0.1) is 6.92 Å². The predicted octanol–water partition coefficient (Wildman–Crippen LogP) is 2.49. The van der Waals surface area contributed by atoms with E-state index in [9.17, 15) is 13.2 Å². The number of nitrogens with zero attached hydrogens (tertiary/aromatic N) is 2. The number of hydrogen-bond acceptors (Lipinski definition) is 7. The third-order valence-corrected chi connectivity index (χ3v) is 8.03. The summed E-state index contributed by atoms with van der Waals surface area (Å²) in [6.07, 6.45) is 0. The van der Waals surface area contributed by atoms with Crippen molar-refractivity contribution >= 4 is 21.6 Å². The Kier molecular flexibility index (Phi) is 8.53. The summed E-state index contributed by atoms with van der Waals surface area (Å²) in [6.45, 7) is 5.37. The van der Waals surface area contributed by atoms with E-state index in [1.807, 2.05) is 30.1 Å². The summed E-state index contributed by atoms with van der Waals surface area (Å²) in [5, 5.41) is 2.86. The first-order valence-corrected chi connectivity index (χ1v) is 12.5. The lowest BCUT2D eigenvalue weighted by Gasteiger charge is -2.27. The van der Waals surface area contributed by atoms with Crippen LogP contribution in [0.3, 0.4) is 0 Å². The maximum absolute atomic E-state index is 13.1. The summed E-state index contributed by atoms with van der Waals surface area (Å²) in [5.41, 5.74) is 1.94. The van der Waals surface area contributed by atoms with E-state index in [0.717, 1.165) is 5.56 Å². The van der Waals surface area contributed by atoms with Crippen LogP contribution < -0.4 is 14.8 Å². The van der Waals surface area contributed by atoms with Gasteiger partial charge in [0.15, 0.2) is 11.5 Å². The van der Waals surface area contributed by atoms with Gasteiger partial charge in [-0.2, -0.15) is 4.31 Å². The summed E-state index contributed by atoms with van der Waals surface area (Å²) in [5.74, 6) is 1.00. The number of rotatable bonds is 9. The Labute approximate surface area is 201 Å². The number of amides is 1. The van der Waals surface area contributed by atoms with Gasteiger partial charge < -0.3 is 19.5 Å². The first kappa shape index (κ1) is 26.0. The van der Waals surface area contributed by atoms with Crippen molar-refractivity contribution in [1.82, 2.24) is 9.21 Å². The van der Waals surface area contributed by atoms with Crippen molar-refractivity contribution in [2.75, 3.05) is 52.9 Å². The summed E-state index contributed by atoms with van der Waals surface area (Å²) in [6, 6.07) is 10.1. The van der Waals surface area contributed by atoms with Gasteiger partial charge in [-0.25, -0.2) is 8.42 Å². The Morgan fingerprint density at radius 1 is 1.18 bits per heavy atom. The molecule has 9 nitrogen and oxygen atoms in total. The van der Waals surface area contributed by atoms with Gasteiger partial charge in [0.05, 0.1) is 38.4 Å². The Morgan fingerprint density at radius 3 is 2.53 bits per heavy atom. The number of carbonyl (C=O) groups excluding carboxylic acids is 1. The minimum Gasteiger partial charge on any atom is -0.493 e. The van der Waals surface area contributed by atoms with Crippen molar-refractivity contribution < 1.29 is 27.4 Å². The Bertz CT molecular complexity index is 1120. The zero-order chi connectivity index (χ0) is 24.9. The molecule has 1 atom stereocenters. The molecule has 0 aromatic heterocycles. The Morgan fingerprint density at radius 2 is 1.88 bits per heavy atom. The number of methoxy groups -OCH3 is 2. The number of benzene rings is 2. The van der Waals surface area contributed by atoms with E-state index < -0.39 is 16.1 Å². The lowest BCUT2D eigenvalue weighted by molar-refractivity contribution is -0.120. The molecule has 186 valence electrons. The highest BCUT2D eigenvalue weighted by Crippen LogP contribution is 2.31. The predicted molar refractivity (Wildman–Crippen MR) is 130 cm³/mol. The van der Waals surface area contributed by atoms with E-state index in [0.29, 0.717) is 55.6 Å². The molecule has 0 aliphatic carbocycles. The van der Waals surface area contributed by atoms with Crippen LogP contribution in [0.5, 0.6) is 11.5 Å². The van der Waals surface area contributed by atoms with Crippen molar-refractivity contribution in [3.05, 3.63) is 47.5 Å². The molecule has 1 saturated heterocycles. The van der Waals surface area contributed by atoms with Gasteiger partial charge in [0.1, 0.15) is 0 Å². The molecule has 0 radical (unpaired) electrons. The molecule has 1 N–H and O–H groups in total. The number of ether oxygens (including phenoxy) is 3. The molecule has 0 bridgehead atoms. The molecular formula is C24H33N3O6S. The van der Waals surface area contributed by atoms with Crippen molar-refractivity contribution in [3.8, 4) is 11.5 Å². The van der Waals surface area contributed by atoms with E-state index in [4.69, 9.17) is 14.2 Å². The molecule has 3 rings (SSSR count). The van der Waals surface area contributed by atoms with E-state index in [2.05, 4.69) is 5.32 Å². The third-order valence-electron chi connectivity index (χ3n) is 5.99. The number of aryl methyl sites for hydroxylation is 1. The second-order valence-corrected chi connectivity index (χ2v) is 10.1. The highest BCUT2D eigenvalue weighted by atomic mass is 32.2. The van der Waals surface area contributed by atoms with Gasteiger partial charge in [-0.1, -0.05) is 18.2 Å². The maximum Gasteiger partial charge on any atom is 0.243 e. The number of nitrogens with one attached hydrogen (secondary N) is 1. The minimum absolute atomic E-state index is 0.189. The number of sulfonamides is 1. The van der Waals surface area contributed by atoms with E-state index >= 15 is 0 Å². The number of hydrogen-bond donors (Lipinski definition) is 1. The molecule has 2 aromatic carbocycles. The average molecular weight is 492 g/mol. The van der Waals surface area contributed by atoms with Crippen LogP contribution >= 0.6 is 0 Å². The molecule has 0 saturated carbocycles. The van der Waals surface area contributed by atoms with E-state index in [1.165, 1.54) is 10.4 Å². The molecule has 2 aromatic rings. The highest BCUT2D eigenvalue weighted by Gasteiger charge is 2.28. The van der Waals surface area contributed by atoms with E-state index in [-0.39, 0.29) is 10.8 Å². The molecule has 1 fully saturated rings. The molecule has 1 unspecified atom stereocenters. The van der Waals surface area contributed by atoms with Gasteiger partial charge in [-0.05, 0) is 44.7 Å². The van der Waals surface area contributed by atoms with E-state index in [1.54, 1.807) is 40.2 Å². The maximum atomic E-state index is 13.1. The molecule has 10 heteroatoms. The van der Waals surface area contributed by atoms with Crippen LogP contribution in [0.4, 0.5) is 5.69 Å². The third kappa shape index (κ3) is 5.69. The van der Waals surface area contributed by atoms with Gasteiger partial charge in [-0.3, -0.25) is 9.69 Å². The van der Waals surface area contributed by atoms with Crippen LogP contribution in [-0.4, -0.2) is 77.1 Å². The van der Waals surface area contributed by atoms with Crippen molar-refractivity contribution in [2.45, 2.75) is 31.3 Å². The zero-order valence-corrected chi connectivity index (χ0v) is 21.1. The molecule has 0 spiro atoms. The van der Waals surface area contributed by atoms with Crippen molar-refractivity contribution in [3.63, 3.8) is 0 Å². The van der Waals surface area contributed by atoms with Gasteiger partial charge in [-0.15, -0.1) is 0 Å². The minimum atomic E-state index is -3.68. The smallest absolute Gasteiger partial charge is 0.243 e. The molecule has 34 heavy (non-hydrogen) atoms. The first-order valence-electron chi connectivity index (χ1n) is 11.1. The topological polar surface area (TPSA) is 97.4 Å². The van der Waals surface area contributed by atoms with Crippen LogP contribution in [0.1, 0.15) is 18.1 Å². The van der Waals surface area contributed by atoms with Gasteiger partial charge in [0, 0.05) is 30.9 Å². The van der Waals surface area contributed by atoms with Crippen molar-refractivity contribution in [1.29, 1.82) is 0 Å². The van der Waals surface area contributed by atoms with Crippen LogP contribution in [0.25, 0.3) is 0 Å². The lowest BCUT2D eigenvalue weighted by Crippen LogP contribution is -2.41. The summed E-state index contributed by atoms with van der Waals surface area (Å²) in [7, 11) is 1.32. The fourth-order valence-corrected chi connectivity index (χ4v) is 5.47. The quantitative estimate of drug-likeness (QED) is 0.576. The summed E-state index contributed by atoms with van der Waals surface area (Å²) < 4.78 is 43.8. The van der Waals surface area contributed by atoms with Crippen LogP contribution in [-0.2, 0) is 26.1 Å². The van der Waals surface area contributed by atoms with Gasteiger partial charge >= 0.3 is 0 Å². The second-order valence-electron chi connectivity index (χ2n) is 8.23. The molecule has 1 heterocycles. The fraction of sp³-hybridized carbons (Fsp3) is 0.458. The first-order chi connectivity index (χ1) is 16.2. The largest absolute Gasteiger partial charge is 0.493 e. The van der Waals surface area contributed by atoms with Gasteiger partial charge in [0.25, 0.3) is 0 Å². The fourth-order valence-electron chi connectivity index (χ4n) is 3.81. The monoisotopic (exact) mass is 491 g/mol. The zero-order valence-electron chi connectivity index (χ0n) is 20.3. The summed E-state index contributed by atoms with van der Waals surface area (Å²) in [4.78, 5) is 15.1. The molecule has 1 aliphatic heterocycles. The van der Waals surface area contributed by atoms with Gasteiger partial charge in [0.2, 0.25) is 15.9 Å².